The van der Waals surface area contributed by atoms with Crippen LogP contribution in [0, 0.1) is 46.3 Å². The van der Waals surface area contributed by atoms with Crippen molar-refractivity contribution in [3.05, 3.63) is 0 Å². The molecule has 4 aliphatic rings. The number of hydrogen-bond acceptors (Lipinski definition) is 0. The summed E-state index contributed by atoms with van der Waals surface area (Å²) in [6.07, 6.45) is 6.16. The predicted molar refractivity (Wildman–Crippen MR) is 97.4 cm³/mol. The Morgan fingerprint density at radius 2 is 1.09 bits per heavy atom. The second kappa shape index (κ2) is 4.71. The smallest absolute Gasteiger partial charge is 0.195 e. The first-order chi connectivity index (χ1) is 10.2. The Balaban J connectivity index is 1.59. The van der Waals surface area contributed by atoms with E-state index in [2.05, 4.69) is 41.5 Å². The molecule has 0 saturated heterocycles. The summed E-state index contributed by atoms with van der Waals surface area (Å²) in [7, 11) is 0. The Morgan fingerprint density at radius 3 is 1.45 bits per heavy atom. The topological polar surface area (TPSA) is 0 Å². The molecule has 124 valence electrons. The third-order valence-corrected chi connectivity index (χ3v) is 9.61. The Bertz CT molecular complexity index is 428. The van der Waals surface area contributed by atoms with Crippen molar-refractivity contribution in [3.8, 4) is 0 Å². The number of rotatable bonds is 2. The Morgan fingerprint density at radius 1 is 0.727 bits per heavy atom. The molecule has 0 unspecified atom stereocenters. The molecular weight excluding hydrogens is 286 g/mol. The highest BCUT2D eigenvalue weighted by molar-refractivity contribution is 7.08. The highest BCUT2D eigenvalue weighted by atomic mass is 35.5. The highest BCUT2D eigenvalue weighted by Crippen LogP contribution is 2.75. The second-order valence-corrected chi connectivity index (χ2v) is 11.1. The zero-order valence-corrected chi connectivity index (χ0v) is 16.2. The van der Waals surface area contributed by atoms with Crippen LogP contribution in [0.1, 0.15) is 67.2 Å². The maximum atomic E-state index is 7.33. The predicted octanol–water partition coefficient (Wildman–Crippen LogP) is 6.36. The quantitative estimate of drug-likeness (QED) is 0.519. The fourth-order valence-electron chi connectivity index (χ4n) is 7.46. The molecule has 0 N–H and O–H groups in total. The second-order valence-electron chi connectivity index (χ2n) is 10.6. The van der Waals surface area contributed by atoms with E-state index < -0.39 is 0 Å². The first-order valence-corrected chi connectivity index (χ1v) is 10.3. The largest absolute Gasteiger partial charge is 0.258 e. The van der Waals surface area contributed by atoms with Gasteiger partial charge in [-0.25, -0.2) is 0 Å². The zero-order valence-electron chi connectivity index (χ0n) is 15.4. The van der Waals surface area contributed by atoms with Gasteiger partial charge in [0.05, 0.1) is 0 Å². The van der Waals surface area contributed by atoms with Crippen molar-refractivity contribution in [2.24, 2.45) is 46.3 Å². The molecule has 0 aromatic heterocycles. The van der Waals surface area contributed by atoms with Crippen LogP contribution in [0.4, 0.5) is 0 Å². The molecule has 0 spiro atoms. The Labute approximate surface area is 143 Å². The van der Waals surface area contributed by atoms with E-state index >= 15 is 0 Å². The van der Waals surface area contributed by atoms with E-state index in [9.17, 15) is 0 Å². The van der Waals surface area contributed by atoms with Gasteiger partial charge in [0.2, 0.25) is 0 Å². The maximum absolute atomic E-state index is 7.33. The molecule has 0 bridgehead atoms. The van der Waals surface area contributed by atoms with Crippen molar-refractivity contribution in [1.29, 1.82) is 0 Å². The van der Waals surface area contributed by atoms with Gasteiger partial charge in [0, 0.05) is 0 Å². The standard InChI is InChI=1S/C20H34BCl/c1-11-7-9-13-15(19(13,3)4)17(11)21(22)18-12(2)8-10-14-16(18)20(14,5)6/h11-18H,7-10H2,1-6H3/t11-,12-,13+,14+,15+,16+,17+,18+/m0/s1. The normalized spacial score (nSPS) is 54.1. The Hall–Kier alpha value is 0.355. The van der Waals surface area contributed by atoms with Crippen LogP contribution >= 0.6 is 11.5 Å². The minimum Gasteiger partial charge on any atom is -0.195 e. The summed E-state index contributed by atoms with van der Waals surface area (Å²) in [6.45, 7) is 15.0. The maximum Gasteiger partial charge on any atom is 0.258 e. The summed E-state index contributed by atoms with van der Waals surface area (Å²) in [5.41, 5.74) is 1.14. The molecule has 4 saturated carbocycles. The molecular formula is C20H34BCl. The average molecular weight is 321 g/mol. The minimum absolute atomic E-state index is 0.425. The van der Waals surface area contributed by atoms with Gasteiger partial charge in [-0.3, -0.25) is 0 Å². The summed E-state index contributed by atoms with van der Waals surface area (Å²) in [6, 6.07) is 0. The van der Waals surface area contributed by atoms with Gasteiger partial charge < -0.3 is 0 Å². The lowest BCUT2D eigenvalue weighted by Gasteiger charge is -2.39. The molecule has 0 aromatic carbocycles. The van der Waals surface area contributed by atoms with Gasteiger partial charge >= 0.3 is 0 Å². The molecule has 0 aliphatic heterocycles. The van der Waals surface area contributed by atoms with Crippen molar-refractivity contribution in [2.45, 2.75) is 78.9 Å². The van der Waals surface area contributed by atoms with Crippen molar-refractivity contribution in [2.75, 3.05) is 0 Å². The van der Waals surface area contributed by atoms with Gasteiger partial charge in [-0.2, -0.15) is 11.5 Å². The third-order valence-electron chi connectivity index (χ3n) is 9.02. The van der Waals surface area contributed by atoms with Crippen LogP contribution in [0.25, 0.3) is 0 Å². The van der Waals surface area contributed by atoms with E-state index in [1.54, 1.807) is 0 Å². The third kappa shape index (κ3) is 1.96. The van der Waals surface area contributed by atoms with E-state index in [-0.39, 0.29) is 0 Å². The number of halogens is 1. The van der Waals surface area contributed by atoms with Crippen LogP contribution in [0.5, 0.6) is 0 Å². The van der Waals surface area contributed by atoms with E-state index in [1.165, 1.54) is 25.7 Å². The average Bonchev–Trinajstić information content (AvgIpc) is 3.20. The summed E-state index contributed by atoms with van der Waals surface area (Å²) >= 11 is 7.33. The molecule has 4 fully saturated rings. The van der Waals surface area contributed by atoms with Crippen molar-refractivity contribution >= 4 is 17.6 Å². The summed E-state index contributed by atoms with van der Waals surface area (Å²) < 4.78 is 0. The Kier molecular flexibility index (Phi) is 3.39. The summed E-state index contributed by atoms with van der Waals surface area (Å²) in [5, 5.41) is 0. The minimum atomic E-state index is 0.425. The summed E-state index contributed by atoms with van der Waals surface area (Å²) in [4.78, 5) is 0. The fraction of sp³-hybridized carbons (Fsp3) is 1.00. The van der Waals surface area contributed by atoms with Gasteiger partial charge in [0.15, 0.2) is 0 Å². The van der Waals surface area contributed by atoms with Gasteiger partial charge in [0.25, 0.3) is 6.13 Å². The van der Waals surface area contributed by atoms with Crippen molar-refractivity contribution < 1.29 is 0 Å². The lowest BCUT2D eigenvalue weighted by Crippen LogP contribution is -2.36. The molecule has 8 atom stereocenters. The molecule has 0 aromatic rings. The molecule has 0 nitrogen and oxygen atoms in total. The fourth-order valence-corrected chi connectivity index (χ4v) is 8.27. The SMILES string of the molecule is C[C@H]1CC[C@@H]2[C@H]([C@@H]1B(Cl)[C@H]1[C@H]3[C@@H](CC[C@@H]1C)C3(C)C)C2(C)C. The molecule has 4 rings (SSSR count). The van der Waals surface area contributed by atoms with Crippen molar-refractivity contribution in [3.63, 3.8) is 0 Å². The molecule has 22 heavy (non-hydrogen) atoms. The van der Waals surface area contributed by atoms with Gasteiger partial charge in [-0.05, 0) is 70.8 Å². The molecule has 2 heteroatoms. The van der Waals surface area contributed by atoms with Crippen LogP contribution in [0.15, 0.2) is 0 Å². The van der Waals surface area contributed by atoms with Gasteiger partial charge in [-0.15, -0.1) is 0 Å². The van der Waals surface area contributed by atoms with Crippen LogP contribution in [-0.2, 0) is 0 Å². The van der Waals surface area contributed by atoms with Crippen LogP contribution < -0.4 is 0 Å². The van der Waals surface area contributed by atoms with Crippen LogP contribution in [0.3, 0.4) is 0 Å². The van der Waals surface area contributed by atoms with Crippen molar-refractivity contribution in [1.82, 2.24) is 0 Å². The van der Waals surface area contributed by atoms with Gasteiger partial charge in [-0.1, -0.05) is 54.4 Å². The monoisotopic (exact) mass is 320 g/mol. The molecule has 0 radical (unpaired) electrons. The first kappa shape index (κ1) is 15.9. The first-order valence-electron chi connectivity index (χ1n) is 9.83. The lowest BCUT2D eigenvalue weighted by molar-refractivity contribution is 0.331. The highest BCUT2D eigenvalue weighted by Gasteiger charge is 2.69. The number of hydrogen-bond donors (Lipinski definition) is 0. The van der Waals surface area contributed by atoms with E-state index in [0.717, 1.165) is 47.1 Å². The lowest BCUT2D eigenvalue weighted by atomic mass is 9.42. The van der Waals surface area contributed by atoms with E-state index in [1.807, 2.05) is 0 Å². The van der Waals surface area contributed by atoms with Gasteiger partial charge in [0.1, 0.15) is 0 Å². The molecule has 0 heterocycles. The summed E-state index contributed by atoms with van der Waals surface area (Å²) in [5.74, 6) is 6.98. The molecule has 4 aliphatic carbocycles. The van der Waals surface area contributed by atoms with Crippen LogP contribution in [0.2, 0.25) is 11.6 Å². The van der Waals surface area contributed by atoms with E-state index in [4.69, 9.17) is 11.5 Å². The number of fused-ring (bicyclic) bond motifs is 2. The molecule has 0 amide bonds. The van der Waals surface area contributed by atoms with Crippen LogP contribution in [-0.4, -0.2) is 6.13 Å². The zero-order chi connectivity index (χ0) is 16.0. The van der Waals surface area contributed by atoms with E-state index in [0.29, 0.717) is 17.0 Å².